The lowest BCUT2D eigenvalue weighted by molar-refractivity contribution is 0.102. The summed E-state index contributed by atoms with van der Waals surface area (Å²) < 4.78 is 5.68. The summed E-state index contributed by atoms with van der Waals surface area (Å²) >= 11 is 7.08. The lowest BCUT2D eigenvalue weighted by Crippen LogP contribution is -2.45. The van der Waals surface area contributed by atoms with Gasteiger partial charge in [0.05, 0.1) is 17.4 Å². The minimum Gasteiger partial charge on any atom is -0.464 e. The number of carbonyl (C=O) groups excluding carboxylic acids is 1. The first-order chi connectivity index (χ1) is 15.7. The van der Waals surface area contributed by atoms with Crippen molar-refractivity contribution in [2.24, 2.45) is 0 Å². The molecule has 0 unspecified atom stereocenters. The Bertz CT molecular complexity index is 1150. The minimum atomic E-state index is -0.272. The number of fused-ring (bicyclic) bond motifs is 1. The van der Waals surface area contributed by atoms with Gasteiger partial charge in [0.1, 0.15) is 12.4 Å². The van der Waals surface area contributed by atoms with Gasteiger partial charge in [-0.3, -0.25) is 20.1 Å². The highest BCUT2D eigenvalue weighted by molar-refractivity contribution is 7.17. The second-order valence-corrected chi connectivity index (χ2v) is 8.59. The van der Waals surface area contributed by atoms with E-state index < -0.39 is 0 Å². The highest BCUT2D eigenvalue weighted by Gasteiger charge is 2.29. The predicted molar refractivity (Wildman–Crippen MR) is 123 cm³/mol. The third-order valence-electron chi connectivity index (χ3n) is 5.12. The standard InChI is InChI=1S/C21H20ClN7O2S/c22-15-4-2-14(3-5-15)13-31-21-27-26-20(32-21)25-19(30)16-6-8-23-12-17(16)28-10-1-11-29-18(28)7-9-24-29/h2-8,12,24H,1,9-11,13H2,(H,25,26,30). The first-order valence-electron chi connectivity index (χ1n) is 10.1. The second kappa shape index (κ2) is 9.11. The summed E-state index contributed by atoms with van der Waals surface area (Å²) in [4.78, 5) is 19.4. The summed E-state index contributed by atoms with van der Waals surface area (Å²) in [5.74, 6) is 0.776. The van der Waals surface area contributed by atoms with Crippen LogP contribution in [0, 0.1) is 0 Å². The number of hydrazine groups is 1. The number of anilines is 2. The number of pyridine rings is 1. The maximum Gasteiger partial charge on any atom is 0.296 e. The van der Waals surface area contributed by atoms with Crippen molar-refractivity contribution in [2.75, 3.05) is 29.9 Å². The largest absolute Gasteiger partial charge is 0.464 e. The molecule has 3 aromatic rings. The van der Waals surface area contributed by atoms with Crippen molar-refractivity contribution in [3.63, 3.8) is 0 Å². The van der Waals surface area contributed by atoms with Crippen LogP contribution >= 0.6 is 22.9 Å². The molecule has 2 aliphatic rings. The van der Waals surface area contributed by atoms with E-state index in [0.29, 0.717) is 27.5 Å². The van der Waals surface area contributed by atoms with Crippen molar-refractivity contribution in [2.45, 2.75) is 13.0 Å². The van der Waals surface area contributed by atoms with Crippen LogP contribution in [0.2, 0.25) is 5.02 Å². The Morgan fingerprint density at radius 2 is 2.09 bits per heavy atom. The van der Waals surface area contributed by atoms with Crippen LogP contribution in [-0.2, 0) is 6.61 Å². The summed E-state index contributed by atoms with van der Waals surface area (Å²) in [5.41, 5.74) is 5.56. The summed E-state index contributed by atoms with van der Waals surface area (Å²) in [6, 6.07) is 9.09. The van der Waals surface area contributed by atoms with E-state index in [2.05, 4.69) is 41.9 Å². The smallest absolute Gasteiger partial charge is 0.296 e. The Hall–Kier alpha value is -3.21. The number of benzene rings is 1. The molecule has 5 rings (SSSR count). The zero-order valence-electron chi connectivity index (χ0n) is 17.0. The minimum absolute atomic E-state index is 0.272. The van der Waals surface area contributed by atoms with Crippen molar-refractivity contribution in [3.8, 4) is 5.19 Å². The fourth-order valence-electron chi connectivity index (χ4n) is 3.64. The van der Waals surface area contributed by atoms with E-state index in [4.69, 9.17) is 16.3 Å². The highest BCUT2D eigenvalue weighted by atomic mass is 35.5. The highest BCUT2D eigenvalue weighted by Crippen LogP contribution is 2.30. The van der Waals surface area contributed by atoms with Crippen LogP contribution < -0.4 is 20.4 Å². The van der Waals surface area contributed by atoms with Crippen molar-refractivity contribution in [1.29, 1.82) is 0 Å². The topological polar surface area (TPSA) is 95.5 Å². The first kappa shape index (κ1) is 20.7. The number of aromatic nitrogens is 3. The van der Waals surface area contributed by atoms with Crippen LogP contribution in [0.4, 0.5) is 10.8 Å². The Kier molecular flexibility index (Phi) is 5.89. The number of carbonyl (C=O) groups is 1. The molecule has 4 heterocycles. The van der Waals surface area contributed by atoms with Gasteiger partial charge >= 0.3 is 0 Å². The van der Waals surface area contributed by atoms with Crippen LogP contribution in [-0.4, -0.2) is 45.7 Å². The van der Waals surface area contributed by atoms with Crippen LogP contribution in [0.1, 0.15) is 22.3 Å². The molecule has 0 bridgehead atoms. The molecule has 0 atom stereocenters. The number of rotatable bonds is 6. The van der Waals surface area contributed by atoms with Crippen LogP contribution in [0.25, 0.3) is 0 Å². The molecule has 164 valence electrons. The Morgan fingerprint density at radius 1 is 1.22 bits per heavy atom. The number of hydrogen-bond donors (Lipinski definition) is 2. The van der Waals surface area contributed by atoms with Gasteiger partial charge in [0, 0.05) is 30.9 Å². The van der Waals surface area contributed by atoms with Crippen molar-refractivity contribution >= 4 is 39.7 Å². The molecule has 2 aliphatic heterocycles. The summed E-state index contributed by atoms with van der Waals surface area (Å²) in [6.07, 6.45) is 6.42. The van der Waals surface area contributed by atoms with E-state index in [-0.39, 0.29) is 5.91 Å². The van der Waals surface area contributed by atoms with Crippen LogP contribution in [0.5, 0.6) is 5.19 Å². The van der Waals surface area contributed by atoms with Gasteiger partial charge in [0.2, 0.25) is 5.13 Å². The monoisotopic (exact) mass is 469 g/mol. The summed E-state index contributed by atoms with van der Waals surface area (Å²) in [5, 5.41) is 14.4. The molecule has 0 radical (unpaired) electrons. The number of ether oxygens (including phenoxy) is 1. The SMILES string of the molecule is O=C(Nc1nnc(OCc2ccc(Cl)cc2)s1)c1ccncc1N1CCCN2NCC=C21. The molecular formula is C21H20ClN7O2S. The number of hydrogen-bond acceptors (Lipinski definition) is 9. The average molecular weight is 470 g/mol. The van der Waals surface area contributed by atoms with Gasteiger partial charge in [-0.2, -0.15) is 0 Å². The fourth-order valence-corrected chi connectivity index (χ4v) is 4.35. The summed E-state index contributed by atoms with van der Waals surface area (Å²) in [7, 11) is 0. The molecule has 11 heteroatoms. The van der Waals surface area contributed by atoms with Gasteiger partial charge in [0.15, 0.2) is 0 Å². The fraction of sp³-hybridized carbons (Fsp3) is 0.238. The normalized spacial score (nSPS) is 15.3. The van der Waals surface area contributed by atoms with Gasteiger partial charge in [-0.05, 0) is 47.6 Å². The Labute approximate surface area is 193 Å². The van der Waals surface area contributed by atoms with E-state index in [1.165, 1.54) is 11.3 Å². The quantitative estimate of drug-likeness (QED) is 0.568. The van der Waals surface area contributed by atoms with Crippen molar-refractivity contribution in [3.05, 3.63) is 70.8 Å². The Balaban J connectivity index is 1.27. The van der Waals surface area contributed by atoms with Gasteiger partial charge < -0.3 is 9.64 Å². The lowest BCUT2D eigenvalue weighted by atomic mass is 10.1. The molecule has 1 aromatic carbocycles. The van der Waals surface area contributed by atoms with Crippen LogP contribution in [0.3, 0.4) is 0 Å². The van der Waals surface area contributed by atoms with E-state index in [1.807, 2.05) is 12.1 Å². The Morgan fingerprint density at radius 3 is 2.97 bits per heavy atom. The van der Waals surface area contributed by atoms with Gasteiger partial charge in [-0.15, -0.1) is 5.10 Å². The molecule has 2 aromatic heterocycles. The number of halogens is 1. The number of nitrogens with one attached hydrogen (secondary N) is 2. The van der Waals surface area contributed by atoms with E-state index >= 15 is 0 Å². The van der Waals surface area contributed by atoms with Gasteiger partial charge in [-0.1, -0.05) is 28.8 Å². The van der Waals surface area contributed by atoms with Crippen molar-refractivity contribution < 1.29 is 9.53 Å². The third-order valence-corrected chi connectivity index (χ3v) is 6.12. The molecule has 0 saturated carbocycles. The molecule has 32 heavy (non-hydrogen) atoms. The van der Waals surface area contributed by atoms with E-state index in [9.17, 15) is 4.79 Å². The molecule has 1 fully saturated rings. The maximum absolute atomic E-state index is 13.1. The molecule has 1 saturated heterocycles. The third kappa shape index (κ3) is 4.38. The van der Waals surface area contributed by atoms with Gasteiger partial charge in [0.25, 0.3) is 11.1 Å². The second-order valence-electron chi connectivity index (χ2n) is 7.22. The van der Waals surface area contributed by atoms with E-state index in [1.54, 1.807) is 30.6 Å². The maximum atomic E-state index is 13.1. The number of nitrogens with zero attached hydrogens (tertiary/aromatic N) is 5. The molecule has 2 N–H and O–H groups in total. The molecule has 1 amide bonds. The lowest BCUT2D eigenvalue weighted by Gasteiger charge is -2.37. The molecular weight excluding hydrogens is 450 g/mol. The van der Waals surface area contributed by atoms with Gasteiger partial charge in [-0.25, -0.2) is 5.43 Å². The average Bonchev–Trinajstić information content (AvgIpc) is 3.48. The molecule has 9 nitrogen and oxygen atoms in total. The van der Waals surface area contributed by atoms with Crippen molar-refractivity contribution in [1.82, 2.24) is 25.6 Å². The van der Waals surface area contributed by atoms with Crippen LogP contribution in [0.15, 0.2) is 54.6 Å². The molecule has 0 spiro atoms. The summed E-state index contributed by atoms with van der Waals surface area (Å²) in [6.45, 7) is 2.87. The predicted octanol–water partition coefficient (Wildman–Crippen LogP) is 3.29. The zero-order chi connectivity index (χ0) is 21.9. The molecule has 0 aliphatic carbocycles. The zero-order valence-corrected chi connectivity index (χ0v) is 18.6. The first-order valence-corrected chi connectivity index (χ1v) is 11.3. The van der Waals surface area contributed by atoms with E-state index in [0.717, 1.165) is 43.1 Å². The number of amides is 1.